The predicted octanol–water partition coefficient (Wildman–Crippen LogP) is 4.31. The molecule has 5 heteroatoms. The van der Waals surface area contributed by atoms with Crippen molar-refractivity contribution in [1.82, 2.24) is 10.6 Å². The van der Waals surface area contributed by atoms with E-state index in [2.05, 4.69) is 10.6 Å². The van der Waals surface area contributed by atoms with Crippen LogP contribution in [-0.2, 0) is 17.6 Å². The first kappa shape index (κ1) is 21.8. The molecule has 0 radical (unpaired) electrons. The standard InChI is InChI=1S/C26H26N2O3/c29-25(24(28-26(30)31)19-22-14-8-3-9-15-22)27-23(18-21-12-6-2-7-13-21)17-16-20-10-4-1-5-11-20/h1-17,23-24,28H,18-19H2,(H,27,29)(H,30,31)/b17-16+/t23-,24+/m1/s1. The van der Waals surface area contributed by atoms with Gasteiger partial charge in [0.1, 0.15) is 6.04 Å². The molecule has 3 aromatic carbocycles. The third kappa shape index (κ3) is 7.48. The molecule has 158 valence electrons. The Hall–Kier alpha value is -3.86. The molecule has 0 saturated carbocycles. The monoisotopic (exact) mass is 414 g/mol. The maximum Gasteiger partial charge on any atom is 0.405 e. The van der Waals surface area contributed by atoms with Crippen LogP contribution in [0.1, 0.15) is 16.7 Å². The Morgan fingerprint density at radius 3 is 1.81 bits per heavy atom. The minimum absolute atomic E-state index is 0.277. The Morgan fingerprint density at radius 2 is 1.26 bits per heavy atom. The van der Waals surface area contributed by atoms with Crippen LogP contribution in [0.15, 0.2) is 97.1 Å². The first-order chi connectivity index (χ1) is 15.1. The van der Waals surface area contributed by atoms with Crippen molar-refractivity contribution < 1.29 is 14.7 Å². The quantitative estimate of drug-likeness (QED) is 0.488. The first-order valence-corrected chi connectivity index (χ1v) is 10.2. The second-order valence-corrected chi connectivity index (χ2v) is 7.27. The summed E-state index contributed by atoms with van der Waals surface area (Å²) < 4.78 is 0. The van der Waals surface area contributed by atoms with Crippen LogP contribution in [0.4, 0.5) is 4.79 Å². The smallest absolute Gasteiger partial charge is 0.405 e. The molecule has 3 aromatic rings. The van der Waals surface area contributed by atoms with E-state index in [1.807, 2.05) is 103 Å². The summed E-state index contributed by atoms with van der Waals surface area (Å²) in [5, 5.41) is 14.6. The topological polar surface area (TPSA) is 78.4 Å². The van der Waals surface area contributed by atoms with Crippen LogP contribution >= 0.6 is 0 Å². The zero-order valence-corrected chi connectivity index (χ0v) is 17.1. The number of benzene rings is 3. The molecule has 0 aliphatic rings. The molecule has 0 aliphatic heterocycles. The van der Waals surface area contributed by atoms with Crippen molar-refractivity contribution in [1.29, 1.82) is 0 Å². The van der Waals surface area contributed by atoms with Crippen LogP contribution in [0.3, 0.4) is 0 Å². The highest BCUT2D eigenvalue weighted by molar-refractivity contribution is 5.86. The summed E-state index contributed by atoms with van der Waals surface area (Å²) in [7, 11) is 0. The fourth-order valence-electron chi connectivity index (χ4n) is 3.32. The van der Waals surface area contributed by atoms with E-state index in [1.54, 1.807) is 0 Å². The van der Waals surface area contributed by atoms with Crippen LogP contribution in [0, 0.1) is 0 Å². The number of nitrogens with one attached hydrogen (secondary N) is 2. The number of amides is 2. The van der Waals surface area contributed by atoms with E-state index >= 15 is 0 Å². The average molecular weight is 415 g/mol. The second-order valence-electron chi connectivity index (χ2n) is 7.27. The highest BCUT2D eigenvalue weighted by Crippen LogP contribution is 2.09. The largest absolute Gasteiger partial charge is 0.465 e. The van der Waals surface area contributed by atoms with E-state index in [9.17, 15) is 14.7 Å². The molecule has 0 saturated heterocycles. The van der Waals surface area contributed by atoms with Gasteiger partial charge in [-0.25, -0.2) is 4.79 Å². The Morgan fingerprint density at radius 1 is 0.742 bits per heavy atom. The normalized spacial score (nSPS) is 12.8. The summed E-state index contributed by atoms with van der Waals surface area (Å²) in [5.74, 6) is -0.357. The van der Waals surface area contributed by atoms with Crippen LogP contribution in [0.25, 0.3) is 6.08 Å². The molecule has 2 atom stereocenters. The summed E-state index contributed by atoms with van der Waals surface area (Å²) in [4.78, 5) is 24.3. The fourth-order valence-corrected chi connectivity index (χ4v) is 3.32. The number of hydrogen-bond donors (Lipinski definition) is 3. The van der Waals surface area contributed by atoms with E-state index < -0.39 is 12.1 Å². The molecule has 0 aliphatic carbocycles. The van der Waals surface area contributed by atoms with Gasteiger partial charge in [0.05, 0.1) is 6.04 Å². The maximum atomic E-state index is 13.0. The molecule has 5 nitrogen and oxygen atoms in total. The molecular formula is C26H26N2O3. The van der Waals surface area contributed by atoms with Crippen LogP contribution in [0.5, 0.6) is 0 Å². The van der Waals surface area contributed by atoms with E-state index in [0.717, 1.165) is 16.7 Å². The lowest BCUT2D eigenvalue weighted by Gasteiger charge is -2.21. The average Bonchev–Trinajstić information content (AvgIpc) is 2.79. The van der Waals surface area contributed by atoms with Crippen molar-refractivity contribution in [2.75, 3.05) is 0 Å². The van der Waals surface area contributed by atoms with Gasteiger partial charge in [-0.05, 0) is 23.1 Å². The van der Waals surface area contributed by atoms with Gasteiger partial charge in [0.25, 0.3) is 0 Å². The van der Waals surface area contributed by atoms with Crippen molar-refractivity contribution in [3.63, 3.8) is 0 Å². The lowest BCUT2D eigenvalue weighted by Crippen LogP contribution is -2.50. The molecule has 3 N–H and O–H groups in total. The zero-order chi connectivity index (χ0) is 21.9. The molecule has 0 fully saturated rings. The SMILES string of the molecule is O=C(O)N[C@@H](Cc1ccccc1)C(=O)N[C@H](/C=C/c1ccccc1)Cc1ccccc1. The van der Waals surface area contributed by atoms with Gasteiger partial charge in [-0.1, -0.05) is 103 Å². The fraction of sp³-hybridized carbons (Fsp3) is 0.154. The summed E-state index contributed by atoms with van der Waals surface area (Å²) in [6.07, 6.45) is 3.56. The molecule has 0 heterocycles. The maximum absolute atomic E-state index is 13.0. The highest BCUT2D eigenvalue weighted by Gasteiger charge is 2.23. The van der Waals surface area contributed by atoms with Crippen molar-refractivity contribution in [3.05, 3.63) is 114 Å². The van der Waals surface area contributed by atoms with Crippen molar-refractivity contribution in [2.45, 2.75) is 24.9 Å². The van der Waals surface area contributed by atoms with Gasteiger partial charge in [0.2, 0.25) is 5.91 Å². The number of rotatable bonds is 9. The highest BCUT2D eigenvalue weighted by atomic mass is 16.4. The lowest BCUT2D eigenvalue weighted by atomic mass is 10.0. The summed E-state index contributed by atoms with van der Waals surface area (Å²) in [5.41, 5.74) is 2.99. The Bertz CT molecular complexity index is 989. The second kappa shape index (κ2) is 11.4. The van der Waals surface area contributed by atoms with Crippen LogP contribution in [-0.4, -0.2) is 29.2 Å². The Labute approximate surface area is 182 Å². The number of carbonyl (C=O) groups excluding carboxylic acids is 1. The zero-order valence-electron chi connectivity index (χ0n) is 17.1. The van der Waals surface area contributed by atoms with Gasteiger partial charge < -0.3 is 15.7 Å². The predicted molar refractivity (Wildman–Crippen MR) is 123 cm³/mol. The molecule has 0 spiro atoms. The molecule has 31 heavy (non-hydrogen) atoms. The van der Waals surface area contributed by atoms with Gasteiger partial charge >= 0.3 is 6.09 Å². The molecule has 0 unspecified atom stereocenters. The van der Waals surface area contributed by atoms with Crippen molar-refractivity contribution in [2.24, 2.45) is 0 Å². The first-order valence-electron chi connectivity index (χ1n) is 10.2. The third-order valence-electron chi connectivity index (χ3n) is 4.84. The van der Waals surface area contributed by atoms with Crippen molar-refractivity contribution >= 4 is 18.1 Å². The number of hydrogen-bond acceptors (Lipinski definition) is 2. The van der Waals surface area contributed by atoms with Gasteiger partial charge in [-0.2, -0.15) is 0 Å². The van der Waals surface area contributed by atoms with Crippen LogP contribution in [0.2, 0.25) is 0 Å². The molecule has 3 rings (SSSR count). The Balaban J connectivity index is 1.76. The number of carboxylic acid groups (broad SMARTS) is 1. The number of carbonyl (C=O) groups is 2. The molecule has 0 aromatic heterocycles. The van der Waals surface area contributed by atoms with Gasteiger partial charge in [-0.15, -0.1) is 0 Å². The van der Waals surface area contributed by atoms with Crippen LogP contribution < -0.4 is 10.6 Å². The van der Waals surface area contributed by atoms with Gasteiger partial charge in [0.15, 0.2) is 0 Å². The van der Waals surface area contributed by atoms with E-state index in [0.29, 0.717) is 6.42 Å². The third-order valence-corrected chi connectivity index (χ3v) is 4.84. The molecular weight excluding hydrogens is 388 g/mol. The summed E-state index contributed by atoms with van der Waals surface area (Å²) in [6, 6.07) is 27.9. The Kier molecular flexibility index (Phi) is 8.00. The minimum atomic E-state index is -1.23. The molecule has 0 bridgehead atoms. The summed E-state index contributed by atoms with van der Waals surface area (Å²) >= 11 is 0. The van der Waals surface area contributed by atoms with E-state index in [-0.39, 0.29) is 18.4 Å². The van der Waals surface area contributed by atoms with Gasteiger partial charge in [0, 0.05) is 6.42 Å². The summed E-state index contributed by atoms with van der Waals surface area (Å²) in [6.45, 7) is 0. The van der Waals surface area contributed by atoms with Gasteiger partial charge in [-0.3, -0.25) is 4.79 Å². The van der Waals surface area contributed by atoms with Crippen molar-refractivity contribution in [3.8, 4) is 0 Å². The molecule has 2 amide bonds. The van der Waals surface area contributed by atoms with E-state index in [1.165, 1.54) is 0 Å². The lowest BCUT2D eigenvalue weighted by molar-refractivity contribution is -0.123. The minimum Gasteiger partial charge on any atom is -0.465 e. The van der Waals surface area contributed by atoms with E-state index in [4.69, 9.17) is 0 Å².